The van der Waals surface area contributed by atoms with Gasteiger partial charge in [0.2, 0.25) is 5.91 Å². The van der Waals surface area contributed by atoms with E-state index in [0.29, 0.717) is 4.88 Å². The molecule has 1 heterocycles. The van der Waals surface area contributed by atoms with Crippen LogP contribution < -0.4 is 5.73 Å². The van der Waals surface area contributed by atoms with Crippen LogP contribution in [0.3, 0.4) is 0 Å². The third-order valence-corrected chi connectivity index (χ3v) is 2.66. The summed E-state index contributed by atoms with van der Waals surface area (Å²) in [5.74, 6) is -1.34. The van der Waals surface area contributed by atoms with Crippen LogP contribution in [0.25, 0.3) is 0 Å². The molecule has 0 aliphatic heterocycles. The average molecular weight is 228 g/mol. The molecule has 2 amide bonds. The van der Waals surface area contributed by atoms with E-state index in [9.17, 15) is 14.5 Å². The number of nitrogens with zero attached hydrogens (tertiary/aromatic N) is 1. The molecule has 0 unspecified atom stereocenters. The molecule has 80 valence electrons. The largest absolute Gasteiger partial charge is 0.470 e. The number of carbonyl (C=O) groups is 2. The third kappa shape index (κ3) is 3.13. The fraction of sp³-hybridized carbons (Fsp3) is 0.250. The van der Waals surface area contributed by atoms with Crippen LogP contribution in [0, 0.1) is 4.91 Å². The van der Waals surface area contributed by atoms with Gasteiger partial charge in [-0.05, 0) is 11.4 Å². The summed E-state index contributed by atoms with van der Waals surface area (Å²) in [7, 11) is 0. The lowest BCUT2D eigenvalue weighted by Gasteiger charge is -2.09. The van der Waals surface area contributed by atoms with Gasteiger partial charge in [0.25, 0.3) is 0 Å². The lowest BCUT2D eigenvalue weighted by molar-refractivity contribution is -0.120. The molecule has 1 rings (SSSR count). The molecule has 0 fully saturated rings. The first-order valence-corrected chi connectivity index (χ1v) is 4.86. The van der Waals surface area contributed by atoms with Crippen LogP contribution in [0.5, 0.6) is 0 Å². The quantitative estimate of drug-likeness (QED) is 0.783. The zero-order valence-electron chi connectivity index (χ0n) is 7.58. The zero-order chi connectivity index (χ0) is 11.3. The second-order valence-electron chi connectivity index (χ2n) is 2.64. The summed E-state index contributed by atoms with van der Waals surface area (Å²) < 4.78 is 4.43. The van der Waals surface area contributed by atoms with Gasteiger partial charge in [-0.1, -0.05) is 6.07 Å². The molecule has 0 spiro atoms. The summed E-state index contributed by atoms with van der Waals surface area (Å²) in [6.07, 6.45) is -1.25. The van der Waals surface area contributed by atoms with E-state index in [4.69, 9.17) is 5.73 Å². The summed E-state index contributed by atoms with van der Waals surface area (Å²) in [5.41, 5.74) is 5.12. The Bertz CT molecular complexity index is 363. The fourth-order valence-corrected chi connectivity index (χ4v) is 1.79. The number of nitrogens with two attached hydrogens (primary N) is 1. The van der Waals surface area contributed by atoms with Crippen LogP contribution in [0.15, 0.2) is 22.7 Å². The topological polar surface area (TPSA) is 98.8 Å². The van der Waals surface area contributed by atoms with E-state index in [-0.39, 0.29) is 6.61 Å². The van der Waals surface area contributed by atoms with Gasteiger partial charge in [0.05, 0.1) is 5.18 Å². The Morgan fingerprint density at radius 3 is 2.80 bits per heavy atom. The molecule has 2 N–H and O–H groups in total. The highest BCUT2D eigenvalue weighted by Crippen LogP contribution is 2.21. The summed E-state index contributed by atoms with van der Waals surface area (Å²) in [4.78, 5) is 31.9. The molecule has 7 heteroatoms. The van der Waals surface area contributed by atoms with Gasteiger partial charge in [0.15, 0.2) is 0 Å². The minimum Gasteiger partial charge on any atom is -0.445 e. The van der Waals surface area contributed by atoms with Crippen molar-refractivity contribution >= 4 is 23.3 Å². The number of rotatable bonds is 4. The molecular formula is C8H8N2O4S. The number of thiophene rings is 1. The van der Waals surface area contributed by atoms with Gasteiger partial charge in [-0.25, -0.2) is 4.79 Å². The summed E-state index contributed by atoms with van der Waals surface area (Å²) in [6.45, 7) is -0.263. The van der Waals surface area contributed by atoms with E-state index in [2.05, 4.69) is 4.74 Å². The van der Waals surface area contributed by atoms with E-state index in [0.717, 1.165) is 0 Å². The van der Waals surface area contributed by atoms with Crippen molar-refractivity contribution in [2.45, 2.75) is 5.92 Å². The third-order valence-electron chi connectivity index (χ3n) is 1.68. The maximum absolute atomic E-state index is 11.0. The van der Waals surface area contributed by atoms with Crippen molar-refractivity contribution in [1.82, 2.24) is 0 Å². The predicted molar refractivity (Wildman–Crippen MR) is 53.4 cm³/mol. The number of hydrogen-bond donors (Lipinski definition) is 1. The molecule has 0 aliphatic carbocycles. The minimum absolute atomic E-state index is 0.263. The molecule has 0 aliphatic rings. The first-order valence-electron chi connectivity index (χ1n) is 3.98. The van der Waals surface area contributed by atoms with Crippen molar-refractivity contribution in [3.05, 3.63) is 27.3 Å². The van der Waals surface area contributed by atoms with Crippen LogP contribution in [0.1, 0.15) is 10.8 Å². The highest BCUT2D eigenvalue weighted by atomic mass is 32.1. The maximum atomic E-state index is 11.0. The summed E-state index contributed by atoms with van der Waals surface area (Å²) >= 11 is 1.32. The monoisotopic (exact) mass is 228 g/mol. The van der Waals surface area contributed by atoms with Gasteiger partial charge in [-0.3, -0.25) is 4.79 Å². The Balaban J connectivity index is 2.64. The second kappa shape index (κ2) is 5.20. The molecule has 1 aromatic rings. The van der Waals surface area contributed by atoms with Gasteiger partial charge in [-0.15, -0.1) is 16.2 Å². The van der Waals surface area contributed by atoms with Crippen LogP contribution in [0.2, 0.25) is 0 Å². The second-order valence-corrected chi connectivity index (χ2v) is 3.62. The maximum Gasteiger partial charge on any atom is 0.470 e. The Labute approximate surface area is 89.0 Å². The summed E-state index contributed by atoms with van der Waals surface area (Å²) in [6, 6.07) is 3.44. The molecule has 1 aromatic heterocycles. The minimum atomic E-state index is -1.25. The lowest BCUT2D eigenvalue weighted by Crippen LogP contribution is -2.25. The first-order chi connectivity index (χ1) is 7.15. The van der Waals surface area contributed by atoms with Crippen molar-refractivity contribution in [2.24, 2.45) is 10.9 Å². The Kier molecular flexibility index (Phi) is 3.92. The first kappa shape index (κ1) is 11.3. The molecule has 15 heavy (non-hydrogen) atoms. The van der Waals surface area contributed by atoms with Crippen LogP contribution in [0.4, 0.5) is 4.79 Å². The molecule has 1 atom stereocenters. The Morgan fingerprint density at radius 1 is 1.60 bits per heavy atom. The normalized spacial score (nSPS) is 11.7. The van der Waals surface area contributed by atoms with Crippen LogP contribution in [-0.2, 0) is 9.53 Å². The van der Waals surface area contributed by atoms with Gasteiger partial charge in [-0.2, -0.15) is 0 Å². The fourth-order valence-electron chi connectivity index (χ4n) is 0.975. The van der Waals surface area contributed by atoms with Crippen molar-refractivity contribution in [2.75, 3.05) is 6.61 Å². The van der Waals surface area contributed by atoms with E-state index in [1.54, 1.807) is 17.5 Å². The number of nitroso groups, excluding NO2 is 1. The number of primary amides is 1. The molecule has 0 saturated carbocycles. The molecule has 6 nitrogen and oxygen atoms in total. The number of carbonyl (C=O) groups excluding carboxylic acids is 2. The van der Waals surface area contributed by atoms with Crippen molar-refractivity contribution in [3.63, 3.8) is 0 Å². The zero-order valence-corrected chi connectivity index (χ0v) is 8.40. The van der Waals surface area contributed by atoms with Crippen LogP contribution >= 0.6 is 11.3 Å². The Morgan fingerprint density at radius 2 is 2.33 bits per heavy atom. The smallest absolute Gasteiger partial charge is 0.445 e. The molecule has 0 radical (unpaired) electrons. The van der Waals surface area contributed by atoms with Gasteiger partial charge in [0.1, 0.15) is 12.5 Å². The number of ether oxygens (including phenoxy) is 1. The molecule has 0 saturated heterocycles. The molecule has 0 aromatic carbocycles. The highest BCUT2D eigenvalue weighted by Gasteiger charge is 2.21. The van der Waals surface area contributed by atoms with Crippen molar-refractivity contribution in [1.29, 1.82) is 0 Å². The van der Waals surface area contributed by atoms with Gasteiger partial charge < -0.3 is 10.5 Å². The Hall–Kier alpha value is -1.76. The van der Waals surface area contributed by atoms with Crippen LogP contribution in [-0.4, -0.2) is 18.6 Å². The highest BCUT2D eigenvalue weighted by molar-refractivity contribution is 7.10. The van der Waals surface area contributed by atoms with Crippen molar-refractivity contribution in [3.8, 4) is 0 Å². The molecule has 0 bridgehead atoms. The molecular weight excluding hydrogens is 220 g/mol. The standard InChI is InChI=1S/C8H8N2O4S/c9-7(11)5(4-14-8(12)10-13)6-2-1-3-15-6/h1-3,5H,4H2,(H2,9,11)/t5-/m1/s1. The SMILES string of the molecule is NC(=O)[C@H](COC(=O)N=O)c1cccs1. The van der Waals surface area contributed by atoms with Gasteiger partial charge in [0, 0.05) is 4.88 Å². The average Bonchev–Trinajstić information content (AvgIpc) is 2.70. The predicted octanol–water partition coefficient (Wildman–Crippen LogP) is 1.22. The van der Waals surface area contributed by atoms with E-state index >= 15 is 0 Å². The van der Waals surface area contributed by atoms with E-state index in [1.165, 1.54) is 11.3 Å². The summed E-state index contributed by atoms with van der Waals surface area (Å²) in [5, 5.41) is 3.81. The van der Waals surface area contributed by atoms with Crippen molar-refractivity contribution < 1.29 is 14.3 Å². The van der Waals surface area contributed by atoms with E-state index in [1.807, 2.05) is 5.18 Å². The number of amides is 2. The lowest BCUT2D eigenvalue weighted by atomic mass is 10.1. The number of hydrogen-bond acceptors (Lipinski definition) is 5. The van der Waals surface area contributed by atoms with E-state index < -0.39 is 17.9 Å². The van der Waals surface area contributed by atoms with Gasteiger partial charge >= 0.3 is 6.09 Å².